The Hall–Kier alpha value is -1.25. The number of nitrogens with one attached hydrogen (secondary N) is 1. The van der Waals surface area contributed by atoms with E-state index < -0.39 is 26.6 Å². The lowest BCUT2D eigenvalue weighted by molar-refractivity contribution is 0.282. The summed E-state index contributed by atoms with van der Waals surface area (Å²) < 4.78 is 53.2. The SMILES string of the molecule is CCN(CCNS(=O)(=O)c1cc(N)cc(F)c1F)C1CC1. The molecule has 1 fully saturated rings. The van der Waals surface area contributed by atoms with Crippen LogP contribution in [0.2, 0.25) is 0 Å². The summed E-state index contributed by atoms with van der Waals surface area (Å²) in [5.74, 6) is -2.69. The summed E-state index contributed by atoms with van der Waals surface area (Å²) in [7, 11) is -4.12. The number of likely N-dealkylation sites (N-methyl/N-ethyl adjacent to an activating group) is 1. The van der Waals surface area contributed by atoms with E-state index in [0.29, 0.717) is 12.6 Å². The molecule has 0 aromatic heterocycles. The Morgan fingerprint density at radius 1 is 1.38 bits per heavy atom. The molecule has 2 rings (SSSR count). The molecule has 21 heavy (non-hydrogen) atoms. The van der Waals surface area contributed by atoms with Crippen molar-refractivity contribution in [3.05, 3.63) is 23.8 Å². The second-order valence-electron chi connectivity index (χ2n) is 5.07. The highest BCUT2D eigenvalue weighted by molar-refractivity contribution is 7.89. The Morgan fingerprint density at radius 3 is 2.62 bits per heavy atom. The maximum atomic E-state index is 13.6. The van der Waals surface area contributed by atoms with Crippen LogP contribution in [0.1, 0.15) is 19.8 Å². The van der Waals surface area contributed by atoms with Crippen molar-refractivity contribution in [1.82, 2.24) is 9.62 Å². The Balaban J connectivity index is 2.04. The van der Waals surface area contributed by atoms with Crippen molar-refractivity contribution in [2.24, 2.45) is 0 Å². The number of nitrogens with two attached hydrogens (primary N) is 1. The van der Waals surface area contributed by atoms with Crippen molar-refractivity contribution < 1.29 is 17.2 Å². The van der Waals surface area contributed by atoms with E-state index in [0.717, 1.165) is 31.5 Å². The van der Waals surface area contributed by atoms with E-state index in [2.05, 4.69) is 9.62 Å². The first kappa shape index (κ1) is 16.1. The molecule has 5 nitrogen and oxygen atoms in total. The highest BCUT2D eigenvalue weighted by Crippen LogP contribution is 2.26. The third-order valence-corrected chi connectivity index (χ3v) is 4.93. The van der Waals surface area contributed by atoms with Crippen molar-refractivity contribution in [2.45, 2.75) is 30.7 Å². The van der Waals surface area contributed by atoms with Crippen molar-refractivity contribution in [3.63, 3.8) is 0 Å². The summed E-state index contributed by atoms with van der Waals surface area (Å²) in [5.41, 5.74) is 5.23. The average molecular weight is 319 g/mol. The van der Waals surface area contributed by atoms with E-state index in [1.165, 1.54) is 0 Å². The summed E-state index contributed by atoms with van der Waals surface area (Å²) in [4.78, 5) is 1.40. The first-order chi connectivity index (χ1) is 9.85. The van der Waals surface area contributed by atoms with Crippen LogP contribution in [0.5, 0.6) is 0 Å². The van der Waals surface area contributed by atoms with Gasteiger partial charge in [0.1, 0.15) is 4.90 Å². The van der Waals surface area contributed by atoms with Gasteiger partial charge in [0.05, 0.1) is 0 Å². The molecular formula is C13H19F2N3O2S. The van der Waals surface area contributed by atoms with Gasteiger partial charge in [-0.2, -0.15) is 0 Å². The number of anilines is 1. The third kappa shape index (κ3) is 3.90. The number of benzene rings is 1. The van der Waals surface area contributed by atoms with Gasteiger partial charge in [0.2, 0.25) is 10.0 Å². The minimum Gasteiger partial charge on any atom is -0.399 e. The number of sulfonamides is 1. The van der Waals surface area contributed by atoms with Gasteiger partial charge in [0.15, 0.2) is 11.6 Å². The van der Waals surface area contributed by atoms with Gasteiger partial charge in [-0.05, 0) is 31.5 Å². The molecule has 0 saturated heterocycles. The number of hydrogen-bond acceptors (Lipinski definition) is 4. The summed E-state index contributed by atoms with van der Waals surface area (Å²) >= 11 is 0. The second kappa shape index (κ2) is 6.25. The predicted octanol–water partition coefficient (Wildman–Crippen LogP) is 1.31. The van der Waals surface area contributed by atoms with Gasteiger partial charge in [-0.3, -0.25) is 4.90 Å². The van der Waals surface area contributed by atoms with E-state index in [1.807, 2.05) is 6.92 Å². The Kier molecular flexibility index (Phi) is 4.80. The van der Waals surface area contributed by atoms with Crippen LogP contribution in [0.15, 0.2) is 17.0 Å². The van der Waals surface area contributed by atoms with Gasteiger partial charge in [0, 0.05) is 24.8 Å². The minimum absolute atomic E-state index is 0.137. The number of hydrogen-bond donors (Lipinski definition) is 2. The minimum atomic E-state index is -4.12. The topological polar surface area (TPSA) is 75.4 Å². The van der Waals surface area contributed by atoms with Crippen molar-refractivity contribution in [1.29, 1.82) is 0 Å². The lowest BCUT2D eigenvalue weighted by Crippen LogP contribution is -2.36. The molecule has 0 aliphatic heterocycles. The molecule has 8 heteroatoms. The molecule has 1 aromatic rings. The molecule has 0 radical (unpaired) electrons. The van der Waals surface area contributed by atoms with Crippen LogP contribution in [-0.2, 0) is 10.0 Å². The van der Waals surface area contributed by atoms with Crippen LogP contribution in [0, 0.1) is 11.6 Å². The number of nitrogens with zero attached hydrogens (tertiary/aromatic N) is 1. The van der Waals surface area contributed by atoms with Crippen LogP contribution in [0.4, 0.5) is 14.5 Å². The van der Waals surface area contributed by atoms with Crippen molar-refractivity contribution >= 4 is 15.7 Å². The molecule has 1 aliphatic rings. The molecule has 1 aliphatic carbocycles. The molecule has 0 amide bonds. The zero-order valence-electron chi connectivity index (χ0n) is 11.8. The largest absolute Gasteiger partial charge is 0.399 e. The monoisotopic (exact) mass is 319 g/mol. The number of rotatable bonds is 7. The van der Waals surface area contributed by atoms with Crippen molar-refractivity contribution in [3.8, 4) is 0 Å². The smallest absolute Gasteiger partial charge is 0.243 e. The molecule has 0 heterocycles. The zero-order chi connectivity index (χ0) is 15.6. The van der Waals surface area contributed by atoms with Gasteiger partial charge >= 0.3 is 0 Å². The number of halogens is 2. The van der Waals surface area contributed by atoms with Gasteiger partial charge in [-0.25, -0.2) is 21.9 Å². The molecule has 118 valence electrons. The fourth-order valence-electron chi connectivity index (χ4n) is 2.22. The standard InChI is InChI=1S/C13H19F2N3O2S/c1-2-18(10-3-4-10)6-5-17-21(19,20)12-8-9(16)7-11(14)13(12)15/h7-8,10,17H,2-6,16H2,1H3. The van der Waals surface area contributed by atoms with E-state index >= 15 is 0 Å². The molecule has 1 saturated carbocycles. The third-order valence-electron chi connectivity index (χ3n) is 3.47. The van der Waals surface area contributed by atoms with E-state index in [1.54, 1.807) is 0 Å². The first-order valence-electron chi connectivity index (χ1n) is 6.83. The average Bonchev–Trinajstić information content (AvgIpc) is 3.23. The summed E-state index contributed by atoms with van der Waals surface area (Å²) in [6.07, 6.45) is 2.24. The Labute approximate surface area is 123 Å². The molecular weight excluding hydrogens is 300 g/mol. The summed E-state index contributed by atoms with van der Waals surface area (Å²) in [5, 5.41) is 0. The normalized spacial score (nSPS) is 15.6. The Bertz CT molecular complexity index is 618. The molecule has 0 bridgehead atoms. The fraction of sp³-hybridized carbons (Fsp3) is 0.538. The van der Waals surface area contributed by atoms with Crippen molar-refractivity contribution in [2.75, 3.05) is 25.4 Å². The quantitative estimate of drug-likeness (QED) is 0.743. The molecule has 3 N–H and O–H groups in total. The van der Waals surface area contributed by atoms with Gasteiger partial charge in [-0.15, -0.1) is 0 Å². The first-order valence-corrected chi connectivity index (χ1v) is 8.31. The van der Waals surface area contributed by atoms with E-state index in [9.17, 15) is 17.2 Å². The van der Waals surface area contributed by atoms with E-state index in [4.69, 9.17) is 5.73 Å². The highest BCUT2D eigenvalue weighted by atomic mass is 32.2. The zero-order valence-corrected chi connectivity index (χ0v) is 12.6. The second-order valence-corrected chi connectivity index (χ2v) is 6.81. The van der Waals surface area contributed by atoms with Crippen LogP contribution in [0.3, 0.4) is 0 Å². The van der Waals surface area contributed by atoms with Crippen LogP contribution >= 0.6 is 0 Å². The lowest BCUT2D eigenvalue weighted by atomic mass is 10.3. The molecule has 0 atom stereocenters. The summed E-state index contributed by atoms with van der Waals surface area (Å²) in [6, 6.07) is 2.18. The van der Waals surface area contributed by atoms with Crippen LogP contribution in [0.25, 0.3) is 0 Å². The van der Waals surface area contributed by atoms with Gasteiger partial charge < -0.3 is 5.73 Å². The van der Waals surface area contributed by atoms with Crippen LogP contribution in [-0.4, -0.2) is 39.0 Å². The maximum Gasteiger partial charge on any atom is 0.243 e. The molecule has 0 spiro atoms. The molecule has 1 aromatic carbocycles. The van der Waals surface area contributed by atoms with Gasteiger partial charge in [-0.1, -0.05) is 6.92 Å². The van der Waals surface area contributed by atoms with Gasteiger partial charge in [0.25, 0.3) is 0 Å². The number of nitrogen functional groups attached to an aromatic ring is 1. The predicted molar refractivity (Wildman–Crippen MR) is 76.2 cm³/mol. The Morgan fingerprint density at radius 2 is 2.05 bits per heavy atom. The highest BCUT2D eigenvalue weighted by Gasteiger charge is 2.28. The lowest BCUT2D eigenvalue weighted by Gasteiger charge is -2.19. The summed E-state index contributed by atoms with van der Waals surface area (Å²) in [6.45, 7) is 3.50. The van der Waals surface area contributed by atoms with Crippen LogP contribution < -0.4 is 10.5 Å². The fourth-order valence-corrected chi connectivity index (χ4v) is 3.36. The maximum absolute atomic E-state index is 13.6. The molecule has 0 unspecified atom stereocenters. The van der Waals surface area contributed by atoms with E-state index in [-0.39, 0.29) is 12.2 Å².